The molecule has 13 heavy (non-hydrogen) atoms. The Morgan fingerprint density at radius 2 is 2.00 bits per heavy atom. The minimum absolute atomic E-state index is 0. The molecule has 0 aliphatic heterocycles. The number of aliphatic carboxylic acids is 1. The van der Waals surface area contributed by atoms with Gasteiger partial charge in [0.05, 0.1) is 5.41 Å². The van der Waals surface area contributed by atoms with Crippen LogP contribution in [0, 0.1) is 11.3 Å². The SMILES string of the molecule is CC1(C(=O)O)CCC(CN)CC1.Cl. The Hall–Kier alpha value is -0.280. The minimum atomic E-state index is -0.655. The lowest BCUT2D eigenvalue weighted by Crippen LogP contribution is -2.34. The van der Waals surface area contributed by atoms with E-state index in [2.05, 4.69) is 0 Å². The summed E-state index contributed by atoms with van der Waals surface area (Å²) in [6.45, 7) is 2.54. The number of hydrogen-bond acceptors (Lipinski definition) is 2. The summed E-state index contributed by atoms with van der Waals surface area (Å²) in [7, 11) is 0. The standard InChI is InChI=1S/C9H17NO2.ClH/c1-9(8(11)12)4-2-7(6-10)3-5-9;/h7H,2-6,10H2,1H3,(H,11,12);1H. The van der Waals surface area contributed by atoms with Gasteiger partial charge in [0, 0.05) is 0 Å². The molecule has 0 unspecified atom stereocenters. The van der Waals surface area contributed by atoms with E-state index in [1.807, 2.05) is 6.92 Å². The number of hydrogen-bond donors (Lipinski definition) is 2. The Bertz CT molecular complexity index is 176. The summed E-state index contributed by atoms with van der Waals surface area (Å²) in [5.41, 5.74) is 5.04. The summed E-state index contributed by atoms with van der Waals surface area (Å²) in [6, 6.07) is 0. The lowest BCUT2D eigenvalue weighted by molar-refractivity contribution is -0.150. The van der Waals surface area contributed by atoms with Crippen molar-refractivity contribution >= 4 is 18.4 Å². The molecule has 0 bridgehead atoms. The fourth-order valence-electron chi connectivity index (χ4n) is 1.76. The fourth-order valence-corrected chi connectivity index (χ4v) is 1.76. The van der Waals surface area contributed by atoms with Crippen molar-refractivity contribution in [3.05, 3.63) is 0 Å². The van der Waals surface area contributed by atoms with Crippen molar-refractivity contribution in [3.8, 4) is 0 Å². The van der Waals surface area contributed by atoms with E-state index < -0.39 is 11.4 Å². The number of carbonyl (C=O) groups is 1. The highest BCUT2D eigenvalue weighted by molar-refractivity contribution is 5.85. The molecule has 0 spiro atoms. The van der Waals surface area contributed by atoms with Crippen LogP contribution in [0.15, 0.2) is 0 Å². The molecular formula is C9H18ClNO2. The molecule has 0 aromatic heterocycles. The van der Waals surface area contributed by atoms with Crippen LogP contribution in [0.1, 0.15) is 32.6 Å². The van der Waals surface area contributed by atoms with E-state index in [1.165, 1.54) is 0 Å². The van der Waals surface area contributed by atoms with Gasteiger partial charge in [-0.2, -0.15) is 0 Å². The second kappa shape index (κ2) is 4.82. The third kappa shape index (κ3) is 2.85. The average molecular weight is 208 g/mol. The van der Waals surface area contributed by atoms with Crippen molar-refractivity contribution in [2.75, 3.05) is 6.54 Å². The maximum atomic E-state index is 10.8. The van der Waals surface area contributed by atoms with Gasteiger partial charge in [-0.05, 0) is 45.1 Å². The zero-order chi connectivity index (χ0) is 9.19. The second-order valence-electron chi connectivity index (χ2n) is 4.04. The Labute approximate surface area is 85.1 Å². The third-order valence-corrected chi connectivity index (χ3v) is 3.06. The van der Waals surface area contributed by atoms with E-state index in [-0.39, 0.29) is 12.4 Å². The molecule has 3 nitrogen and oxygen atoms in total. The summed E-state index contributed by atoms with van der Waals surface area (Å²) in [6.07, 6.45) is 3.51. The highest BCUT2D eigenvalue weighted by atomic mass is 35.5. The highest BCUT2D eigenvalue weighted by Gasteiger charge is 2.36. The fraction of sp³-hybridized carbons (Fsp3) is 0.889. The molecule has 1 aliphatic carbocycles. The molecular weight excluding hydrogens is 190 g/mol. The molecule has 78 valence electrons. The van der Waals surface area contributed by atoms with Crippen LogP contribution in [-0.2, 0) is 4.79 Å². The molecule has 0 amide bonds. The summed E-state index contributed by atoms with van der Waals surface area (Å²) in [4.78, 5) is 10.8. The van der Waals surface area contributed by atoms with Crippen LogP contribution in [0.5, 0.6) is 0 Å². The van der Waals surface area contributed by atoms with Gasteiger partial charge in [-0.15, -0.1) is 12.4 Å². The van der Waals surface area contributed by atoms with E-state index in [9.17, 15) is 4.79 Å². The first-order valence-corrected chi connectivity index (χ1v) is 4.52. The van der Waals surface area contributed by atoms with Gasteiger partial charge in [0.1, 0.15) is 0 Å². The molecule has 4 heteroatoms. The average Bonchev–Trinajstić information content (AvgIpc) is 2.06. The molecule has 3 N–H and O–H groups in total. The zero-order valence-corrected chi connectivity index (χ0v) is 8.77. The Morgan fingerprint density at radius 1 is 1.54 bits per heavy atom. The molecule has 0 heterocycles. The van der Waals surface area contributed by atoms with E-state index in [4.69, 9.17) is 10.8 Å². The molecule has 1 aliphatic rings. The van der Waals surface area contributed by atoms with Crippen LogP contribution < -0.4 is 5.73 Å². The molecule has 0 atom stereocenters. The van der Waals surface area contributed by atoms with Crippen LogP contribution in [0.25, 0.3) is 0 Å². The molecule has 0 radical (unpaired) electrons. The Kier molecular flexibility index (Phi) is 4.71. The summed E-state index contributed by atoms with van der Waals surface area (Å²) in [5, 5.41) is 8.93. The van der Waals surface area contributed by atoms with Crippen LogP contribution in [-0.4, -0.2) is 17.6 Å². The first-order valence-electron chi connectivity index (χ1n) is 4.52. The molecule has 0 aromatic carbocycles. The van der Waals surface area contributed by atoms with E-state index >= 15 is 0 Å². The molecule has 1 fully saturated rings. The van der Waals surface area contributed by atoms with Gasteiger partial charge in [-0.25, -0.2) is 0 Å². The largest absolute Gasteiger partial charge is 0.481 e. The molecule has 1 saturated carbocycles. The van der Waals surface area contributed by atoms with E-state index in [1.54, 1.807) is 0 Å². The molecule has 0 aromatic rings. The second-order valence-corrected chi connectivity index (χ2v) is 4.04. The lowest BCUT2D eigenvalue weighted by atomic mass is 9.72. The number of carboxylic acids is 1. The first kappa shape index (κ1) is 12.7. The van der Waals surface area contributed by atoms with Crippen LogP contribution in [0.3, 0.4) is 0 Å². The van der Waals surface area contributed by atoms with Gasteiger partial charge in [-0.1, -0.05) is 0 Å². The van der Waals surface area contributed by atoms with Crippen molar-refractivity contribution in [1.29, 1.82) is 0 Å². The van der Waals surface area contributed by atoms with Gasteiger partial charge in [0.25, 0.3) is 0 Å². The minimum Gasteiger partial charge on any atom is -0.481 e. The smallest absolute Gasteiger partial charge is 0.309 e. The number of carboxylic acid groups (broad SMARTS) is 1. The van der Waals surface area contributed by atoms with Gasteiger partial charge in [0.15, 0.2) is 0 Å². The predicted octanol–water partition coefficient (Wildman–Crippen LogP) is 1.65. The molecule has 0 saturated heterocycles. The number of nitrogens with two attached hydrogens (primary N) is 1. The van der Waals surface area contributed by atoms with E-state index in [0.29, 0.717) is 12.5 Å². The van der Waals surface area contributed by atoms with Gasteiger partial charge >= 0.3 is 5.97 Å². The first-order chi connectivity index (χ1) is 5.58. The highest BCUT2D eigenvalue weighted by Crippen LogP contribution is 2.38. The summed E-state index contributed by atoms with van der Waals surface area (Å²) >= 11 is 0. The monoisotopic (exact) mass is 207 g/mol. The topological polar surface area (TPSA) is 63.3 Å². The summed E-state index contributed by atoms with van der Waals surface area (Å²) in [5.74, 6) is -0.101. The third-order valence-electron chi connectivity index (χ3n) is 3.06. The van der Waals surface area contributed by atoms with Gasteiger partial charge in [0.2, 0.25) is 0 Å². The maximum absolute atomic E-state index is 10.8. The van der Waals surface area contributed by atoms with Gasteiger partial charge < -0.3 is 10.8 Å². The maximum Gasteiger partial charge on any atom is 0.309 e. The van der Waals surface area contributed by atoms with Crippen LogP contribution in [0.2, 0.25) is 0 Å². The van der Waals surface area contributed by atoms with Crippen molar-refractivity contribution in [3.63, 3.8) is 0 Å². The van der Waals surface area contributed by atoms with Crippen molar-refractivity contribution in [1.82, 2.24) is 0 Å². The number of halogens is 1. The quantitative estimate of drug-likeness (QED) is 0.724. The normalized spacial score (nSPS) is 33.5. The Balaban J connectivity index is 0.00000144. The van der Waals surface area contributed by atoms with Crippen LogP contribution in [0.4, 0.5) is 0 Å². The predicted molar refractivity (Wildman–Crippen MR) is 54.0 cm³/mol. The van der Waals surface area contributed by atoms with Crippen molar-refractivity contribution < 1.29 is 9.90 Å². The van der Waals surface area contributed by atoms with Crippen molar-refractivity contribution in [2.45, 2.75) is 32.6 Å². The zero-order valence-electron chi connectivity index (χ0n) is 7.95. The van der Waals surface area contributed by atoms with Crippen LogP contribution >= 0.6 is 12.4 Å². The number of rotatable bonds is 2. The summed E-state index contributed by atoms with van der Waals surface area (Å²) < 4.78 is 0. The Morgan fingerprint density at radius 3 is 2.31 bits per heavy atom. The van der Waals surface area contributed by atoms with Crippen molar-refractivity contribution in [2.24, 2.45) is 17.1 Å². The van der Waals surface area contributed by atoms with E-state index in [0.717, 1.165) is 25.7 Å². The molecule has 1 rings (SSSR count). The van der Waals surface area contributed by atoms with Gasteiger partial charge in [-0.3, -0.25) is 4.79 Å². The lowest BCUT2D eigenvalue weighted by Gasteiger charge is -2.33.